The van der Waals surface area contributed by atoms with Crippen LogP contribution in [0.5, 0.6) is 0 Å². The van der Waals surface area contributed by atoms with Gasteiger partial charge in [0.2, 0.25) is 0 Å². The summed E-state index contributed by atoms with van der Waals surface area (Å²) in [7, 11) is -3.52. The monoisotopic (exact) mass is 324 g/mol. The Morgan fingerprint density at radius 2 is 2.32 bits per heavy atom. The van der Waals surface area contributed by atoms with E-state index in [1.165, 1.54) is 4.31 Å². The minimum atomic E-state index is -3.52. The normalized spacial score (nSPS) is 20.3. The van der Waals surface area contributed by atoms with Crippen LogP contribution in [0.2, 0.25) is 4.47 Å². The summed E-state index contributed by atoms with van der Waals surface area (Å²) in [5.41, 5.74) is 0.459. The molecule has 0 spiro atoms. The highest BCUT2D eigenvalue weighted by atomic mass is 35.5. The van der Waals surface area contributed by atoms with Crippen molar-refractivity contribution in [3.8, 4) is 0 Å². The van der Waals surface area contributed by atoms with Gasteiger partial charge in [0.25, 0.3) is 10.0 Å². The second-order valence-electron chi connectivity index (χ2n) is 4.43. The van der Waals surface area contributed by atoms with Gasteiger partial charge in [0, 0.05) is 19.7 Å². The lowest BCUT2D eigenvalue weighted by molar-refractivity contribution is 0.0947. The van der Waals surface area contributed by atoms with Crippen molar-refractivity contribution in [1.29, 1.82) is 0 Å². The second-order valence-corrected chi connectivity index (χ2v) is 8.14. The molecule has 0 radical (unpaired) electrons. The van der Waals surface area contributed by atoms with Crippen LogP contribution in [0.1, 0.15) is 25.5 Å². The number of ether oxygens (including phenoxy) is 1. The van der Waals surface area contributed by atoms with E-state index in [2.05, 4.69) is 4.98 Å². The van der Waals surface area contributed by atoms with Gasteiger partial charge in [0.1, 0.15) is 0 Å². The Kier molecular flexibility index (Phi) is 4.84. The van der Waals surface area contributed by atoms with E-state index in [9.17, 15) is 8.42 Å². The number of likely N-dealkylation sites (N-methyl/N-ethyl adjacent to an activating group) is 1. The van der Waals surface area contributed by atoms with E-state index in [0.717, 1.165) is 24.2 Å². The lowest BCUT2D eigenvalue weighted by Crippen LogP contribution is -2.37. The smallest absolute Gasteiger partial charge is 0.254 e. The van der Waals surface area contributed by atoms with Gasteiger partial charge in [-0.2, -0.15) is 4.31 Å². The molecule has 1 unspecified atom stereocenters. The van der Waals surface area contributed by atoms with Crippen LogP contribution in [0.25, 0.3) is 0 Å². The van der Waals surface area contributed by atoms with Gasteiger partial charge in [-0.15, -0.1) is 0 Å². The van der Waals surface area contributed by atoms with Crippen molar-refractivity contribution in [3.05, 3.63) is 10.2 Å². The molecule has 1 aromatic rings. The van der Waals surface area contributed by atoms with Crippen LogP contribution in [0, 0.1) is 6.92 Å². The fraction of sp³-hybridized carbons (Fsp3) is 0.727. The zero-order valence-corrected chi connectivity index (χ0v) is 13.3. The van der Waals surface area contributed by atoms with E-state index in [4.69, 9.17) is 16.3 Å². The summed E-state index contributed by atoms with van der Waals surface area (Å²) in [4.78, 5) is 3.97. The van der Waals surface area contributed by atoms with Gasteiger partial charge in [-0.25, -0.2) is 13.4 Å². The summed E-state index contributed by atoms with van der Waals surface area (Å²) in [5.74, 6) is 0. The molecule has 1 aliphatic rings. The lowest BCUT2D eigenvalue weighted by atomic mass is 10.2. The predicted octanol–water partition coefficient (Wildman–Crippen LogP) is 2.29. The number of halogens is 1. The standard InChI is InChI=1S/C11H17ClN2O3S2/c1-3-14(7-9-5-4-6-17-9)19(15,16)10-8(2)13-11(12)18-10/h9H,3-7H2,1-2H3. The maximum absolute atomic E-state index is 12.6. The number of rotatable bonds is 5. The largest absolute Gasteiger partial charge is 0.377 e. The molecule has 19 heavy (non-hydrogen) atoms. The van der Waals surface area contributed by atoms with Gasteiger partial charge in [-0.3, -0.25) is 0 Å². The summed E-state index contributed by atoms with van der Waals surface area (Å²) in [6, 6.07) is 0. The Hall–Kier alpha value is -0.210. The molecule has 1 saturated heterocycles. The van der Waals surface area contributed by atoms with Gasteiger partial charge in [0.15, 0.2) is 8.68 Å². The molecule has 0 amide bonds. The third-order valence-electron chi connectivity index (χ3n) is 3.09. The fourth-order valence-corrected chi connectivity index (χ4v) is 5.47. The maximum atomic E-state index is 12.6. The average Bonchev–Trinajstić information content (AvgIpc) is 2.95. The van der Waals surface area contributed by atoms with Crippen molar-refractivity contribution in [2.24, 2.45) is 0 Å². The molecule has 8 heteroatoms. The highest BCUT2D eigenvalue weighted by molar-refractivity contribution is 7.91. The van der Waals surface area contributed by atoms with Crippen LogP contribution in [-0.4, -0.2) is 43.5 Å². The van der Waals surface area contributed by atoms with Gasteiger partial charge >= 0.3 is 0 Å². The molecule has 1 fully saturated rings. The molecule has 0 aromatic carbocycles. The highest BCUT2D eigenvalue weighted by Crippen LogP contribution is 2.30. The molecule has 0 bridgehead atoms. The zero-order valence-electron chi connectivity index (χ0n) is 10.9. The Balaban J connectivity index is 2.22. The first-order valence-corrected chi connectivity index (χ1v) is 8.83. The molecule has 2 heterocycles. The van der Waals surface area contributed by atoms with Crippen LogP contribution in [0.3, 0.4) is 0 Å². The van der Waals surface area contributed by atoms with Crippen LogP contribution < -0.4 is 0 Å². The lowest BCUT2D eigenvalue weighted by Gasteiger charge is -2.22. The third kappa shape index (κ3) is 3.28. The van der Waals surface area contributed by atoms with E-state index in [1.807, 2.05) is 6.92 Å². The minimum Gasteiger partial charge on any atom is -0.377 e. The van der Waals surface area contributed by atoms with Crippen molar-refractivity contribution in [2.45, 2.75) is 37.0 Å². The van der Waals surface area contributed by atoms with Crippen molar-refractivity contribution < 1.29 is 13.2 Å². The van der Waals surface area contributed by atoms with E-state index in [-0.39, 0.29) is 14.8 Å². The molecular weight excluding hydrogens is 308 g/mol. The first kappa shape index (κ1) is 15.2. The number of nitrogens with zero attached hydrogens (tertiary/aromatic N) is 2. The van der Waals surface area contributed by atoms with E-state index in [1.54, 1.807) is 6.92 Å². The first-order valence-electron chi connectivity index (χ1n) is 6.19. The summed E-state index contributed by atoms with van der Waals surface area (Å²) >= 11 is 6.80. The van der Waals surface area contributed by atoms with Crippen molar-refractivity contribution in [2.75, 3.05) is 19.7 Å². The maximum Gasteiger partial charge on any atom is 0.254 e. The zero-order chi connectivity index (χ0) is 14.0. The molecule has 108 valence electrons. The Labute approximate surface area is 122 Å². The summed E-state index contributed by atoms with van der Waals surface area (Å²) in [6.45, 7) is 5.01. The molecule has 2 rings (SSSR count). The minimum absolute atomic E-state index is 0.00146. The molecule has 0 N–H and O–H groups in total. The molecule has 1 aliphatic heterocycles. The van der Waals surface area contributed by atoms with Crippen LogP contribution in [0.4, 0.5) is 0 Å². The van der Waals surface area contributed by atoms with Gasteiger partial charge in [-0.1, -0.05) is 29.9 Å². The summed E-state index contributed by atoms with van der Waals surface area (Å²) in [6.07, 6.45) is 1.90. The molecule has 1 atom stereocenters. The van der Waals surface area contributed by atoms with Crippen molar-refractivity contribution in [3.63, 3.8) is 0 Å². The topological polar surface area (TPSA) is 59.5 Å². The van der Waals surface area contributed by atoms with Crippen LogP contribution in [0.15, 0.2) is 4.21 Å². The van der Waals surface area contributed by atoms with Gasteiger partial charge in [0.05, 0.1) is 11.8 Å². The Morgan fingerprint density at radius 1 is 1.58 bits per heavy atom. The van der Waals surface area contributed by atoms with E-state index < -0.39 is 10.0 Å². The molecule has 0 aliphatic carbocycles. The third-order valence-corrected chi connectivity index (χ3v) is 6.88. The number of hydrogen-bond donors (Lipinski definition) is 0. The molecular formula is C11H17ClN2O3S2. The highest BCUT2D eigenvalue weighted by Gasteiger charge is 2.31. The second kappa shape index (κ2) is 6.05. The van der Waals surface area contributed by atoms with Crippen molar-refractivity contribution in [1.82, 2.24) is 9.29 Å². The Morgan fingerprint density at radius 3 is 2.79 bits per heavy atom. The summed E-state index contributed by atoms with van der Waals surface area (Å²) < 4.78 is 32.6. The molecule has 0 saturated carbocycles. The van der Waals surface area contributed by atoms with E-state index >= 15 is 0 Å². The number of thiazole rings is 1. The molecule has 1 aromatic heterocycles. The Bertz CT molecular complexity index is 538. The number of hydrogen-bond acceptors (Lipinski definition) is 5. The molecule has 5 nitrogen and oxygen atoms in total. The predicted molar refractivity (Wildman–Crippen MR) is 75.3 cm³/mol. The SMILES string of the molecule is CCN(CC1CCCO1)S(=O)(=O)c1sc(Cl)nc1C. The van der Waals surface area contributed by atoms with Gasteiger partial charge < -0.3 is 4.74 Å². The summed E-state index contributed by atoms with van der Waals surface area (Å²) in [5, 5.41) is 0. The number of sulfonamides is 1. The average molecular weight is 325 g/mol. The van der Waals surface area contributed by atoms with Gasteiger partial charge in [-0.05, 0) is 19.8 Å². The van der Waals surface area contributed by atoms with E-state index in [0.29, 0.717) is 25.4 Å². The quantitative estimate of drug-likeness (QED) is 0.834. The fourth-order valence-electron chi connectivity index (χ4n) is 2.12. The van der Waals surface area contributed by atoms with Crippen molar-refractivity contribution >= 4 is 33.0 Å². The van der Waals surface area contributed by atoms with Crippen LogP contribution in [-0.2, 0) is 14.8 Å². The first-order chi connectivity index (χ1) is 8.95. The number of aryl methyl sites for hydroxylation is 1. The van der Waals surface area contributed by atoms with Crippen LogP contribution >= 0.6 is 22.9 Å². The number of aromatic nitrogens is 1.